The van der Waals surface area contributed by atoms with E-state index in [1.807, 2.05) is 11.9 Å². The minimum Gasteiger partial charge on any atom is -0.341 e. The zero-order valence-electron chi connectivity index (χ0n) is 10.8. The monoisotopic (exact) mass is 261 g/mol. The van der Waals surface area contributed by atoms with Crippen LogP contribution in [-0.4, -0.2) is 62.0 Å². The van der Waals surface area contributed by atoms with Crippen molar-refractivity contribution in [3.8, 4) is 0 Å². The molecule has 2 heterocycles. The minimum atomic E-state index is 0. The van der Waals surface area contributed by atoms with Crippen LogP contribution in [0.2, 0.25) is 0 Å². The number of fused-ring (bicyclic) bond motifs is 1. The van der Waals surface area contributed by atoms with Crippen molar-refractivity contribution in [2.24, 2.45) is 5.92 Å². The number of carbonyl (C=O) groups is 1. The molecule has 2 saturated heterocycles. The van der Waals surface area contributed by atoms with Crippen LogP contribution in [-0.2, 0) is 4.79 Å². The molecular formula is C12H24ClN3O. The van der Waals surface area contributed by atoms with E-state index in [1.165, 1.54) is 19.4 Å². The Morgan fingerprint density at radius 1 is 1.35 bits per heavy atom. The molecule has 17 heavy (non-hydrogen) atoms. The molecule has 4 nitrogen and oxygen atoms in total. The lowest BCUT2D eigenvalue weighted by atomic mass is 9.84. The number of likely N-dealkylation sites (N-methyl/N-ethyl adjacent to an activating group) is 1. The molecule has 0 aromatic heterocycles. The van der Waals surface area contributed by atoms with Crippen LogP contribution in [0.3, 0.4) is 0 Å². The smallest absolute Gasteiger partial charge is 0.236 e. The van der Waals surface area contributed by atoms with E-state index in [2.05, 4.69) is 17.3 Å². The van der Waals surface area contributed by atoms with Crippen LogP contribution in [0, 0.1) is 5.92 Å². The van der Waals surface area contributed by atoms with Gasteiger partial charge in [0.05, 0.1) is 6.54 Å². The molecular weight excluding hydrogens is 238 g/mol. The van der Waals surface area contributed by atoms with Crippen molar-refractivity contribution in [1.82, 2.24) is 15.1 Å². The lowest BCUT2D eigenvalue weighted by Crippen LogP contribution is -2.54. The maximum absolute atomic E-state index is 11.8. The van der Waals surface area contributed by atoms with Gasteiger partial charge >= 0.3 is 0 Å². The molecule has 0 aromatic carbocycles. The van der Waals surface area contributed by atoms with Crippen LogP contribution < -0.4 is 5.32 Å². The van der Waals surface area contributed by atoms with Crippen LogP contribution in [0.1, 0.15) is 19.3 Å². The molecule has 2 unspecified atom stereocenters. The van der Waals surface area contributed by atoms with Gasteiger partial charge in [0.15, 0.2) is 0 Å². The first kappa shape index (κ1) is 14.7. The summed E-state index contributed by atoms with van der Waals surface area (Å²) in [5.74, 6) is 0.961. The summed E-state index contributed by atoms with van der Waals surface area (Å²) in [5.41, 5.74) is 0. The average Bonchev–Trinajstić information content (AvgIpc) is 2.29. The number of rotatable bonds is 2. The summed E-state index contributed by atoms with van der Waals surface area (Å²) in [5, 5.41) is 2.94. The summed E-state index contributed by atoms with van der Waals surface area (Å²) in [4.78, 5) is 16.3. The van der Waals surface area contributed by atoms with E-state index < -0.39 is 0 Å². The molecule has 0 aliphatic carbocycles. The van der Waals surface area contributed by atoms with Crippen molar-refractivity contribution in [3.63, 3.8) is 0 Å². The predicted octanol–water partition coefficient (Wildman–Crippen LogP) is 0.570. The quantitative estimate of drug-likeness (QED) is 0.790. The Kier molecular flexibility index (Phi) is 5.70. The van der Waals surface area contributed by atoms with Gasteiger partial charge in [0, 0.05) is 19.1 Å². The van der Waals surface area contributed by atoms with Crippen molar-refractivity contribution in [3.05, 3.63) is 0 Å². The zero-order valence-corrected chi connectivity index (χ0v) is 11.6. The maximum Gasteiger partial charge on any atom is 0.236 e. The number of piperidine rings is 2. The summed E-state index contributed by atoms with van der Waals surface area (Å²) in [6.45, 7) is 3.61. The molecule has 2 rings (SSSR count). The number of amides is 1. The number of halogens is 1. The highest BCUT2D eigenvalue weighted by Crippen LogP contribution is 2.29. The van der Waals surface area contributed by atoms with E-state index in [0.29, 0.717) is 18.5 Å². The fourth-order valence-electron chi connectivity index (χ4n) is 3.14. The average molecular weight is 262 g/mol. The molecule has 100 valence electrons. The van der Waals surface area contributed by atoms with Gasteiger partial charge in [-0.2, -0.15) is 0 Å². The SMILES string of the molecule is CNCC(=O)N1CCC2C(CCCN2C)C1.Cl. The molecule has 0 radical (unpaired) electrons. The fourth-order valence-corrected chi connectivity index (χ4v) is 3.14. The molecule has 2 aliphatic rings. The lowest BCUT2D eigenvalue weighted by Gasteiger charge is -2.46. The van der Waals surface area contributed by atoms with Crippen LogP contribution in [0.5, 0.6) is 0 Å². The summed E-state index contributed by atoms with van der Waals surface area (Å²) >= 11 is 0. The van der Waals surface area contributed by atoms with Crippen LogP contribution in [0.15, 0.2) is 0 Å². The van der Waals surface area contributed by atoms with Gasteiger partial charge in [-0.15, -0.1) is 12.4 Å². The third-order valence-corrected chi connectivity index (χ3v) is 4.03. The standard InChI is InChI=1S/C12H23N3O.ClH/c1-13-8-12(16)15-7-5-11-10(9-15)4-3-6-14(11)2;/h10-11,13H,3-9H2,1-2H3;1H. The largest absolute Gasteiger partial charge is 0.341 e. The Morgan fingerprint density at radius 3 is 2.82 bits per heavy atom. The van der Waals surface area contributed by atoms with Crippen molar-refractivity contribution < 1.29 is 4.79 Å². The minimum absolute atomic E-state index is 0. The van der Waals surface area contributed by atoms with E-state index in [4.69, 9.17) is 0 Å². The highest BCUT2D eigenvalue weighted by Gasteiger charge is 2.35. The molecule has 0 aromatic rings. The highest BCUT2D eigenvalue weighted by atomic mass is 35.5. The summed E-state index contributed by atoms with van der Waals surface area (Å²) < 4.78 is 0. The normalized spacial score (nSPS) is 29.4. The van der Waals surface area contributed by atoms with E-state index in [1.54, 1.807) is 0 Å². The van der Waals surface area contributed by atoms with Gasteiger partial charge in [-0.05, 0) is 45.8 Å². The molecule has 0 spiro atoms. The van der Waals surface area contributed by atoms with E-state index in [9.17, 15) is 4.79 Å². The number of nitrogens with zero attached hydrogens (tertiary/aromatic N) is 2. The second kappa shape index (κ2) is 6.57. The number of hydrogen-bond acceptors (Lipinski definition) is 3. The molecule has 2 aliphatic heterocycles. The summed E-state index contributed by atoms with van der Waals surface area (Å²) in [6.07, 6.45) is 3.72. The molecule has 2 atom stereocenters. The lowest BCUT2D eigenvalue weighted by molar-refractivity contribution is -0.133. The number of likely N-dealkylation sites (tertiary alicyclic amines) is 2. The van der Waals surface area contributed by atoms with Crippen molar-refractivity contribution in [1.29, 1.82) is 0 Å². The predicted molar refractivity (Wildman–Crippen MR) is 71.5 cm³/mol. The highest BCUT2D eigenvalue weighted by molar-refractivity contribution is 5.85. The van der Waals surface area contributed by atoms with E-state index >= 15 is 0 Å². The second-order valence-electron chi connectivity index (χ2n) is 5.11. The Balaban J connectivity index is 0.00000144. The van der Waals surface area contributed by atoms with Crippen LogP contribution in [0.4, 0.5) is 0 Å². The Bertz CT molecular complexity index is 262. The zero-order chi connectivity index (χ0) is 11.5. The summed E-state index contributed by atoms with van der Waals surface area (Å²) in [6, 6.07) is 0.715. The van der Waals surface area contributed by atoms with Gasteiger partial charge in [-0.1, -0.05) is 0 Å². The van der Waals surface area contributed by atoms with Crippen molar-refractivity contribution >= 4 is 18.3 Å². The Morgan fingerprint density at radius 2 is 2.12 bits per heavy atom. The van der Waals surface area contributed by atoms with Crippen LogP contribution >= 0.6 is 12.4 Å². The van der Waals surface area contributed by atoms with Crippen LogP contribution in [0.25, 0.3) is 0 Å². The fraction of sp³-hybridized carbons (Fsp3) is 0.917. The van der Waals surface area contributed by atoms with Crippen molar-refractivity contribution in [2.45, 2.75) is 25.3 Å². The van der Waals surface area contributed by atoms with Gasteiger partial charge in [-0.25, -0.2) is 0 Å². The van der Waals surface area contributed by atoms with Gasteiger partial charge in [-0.3, -0.25) is 4.79 Å². The topological polar surface area (TPSA) is 35.6 Å². The van der Waals surface area contributed by atoms with Gasteiger partial charge < -0.3 is 15.1 Å². The maximum atomic E-state index is 11.8. The number of nitrogens with one attached hydrogen (secondary N) is 1. The third kappa shape index (κ3) is 3.33. The van der Waals surface area contributed by atoms with Gasteiger partial charge in [0.1, 0.15) is 0 Å². The number of carbonyl (C=O) groups excluding carboxylic acids is 1. The Labute approximate surface area is 110 Å². The molecule has 5 heteroatoms. The molecule has 2 fully saturated rings. The third-order valence-electron chi connectivity index (χ3n) is 4.03. The molecule has 0 saturated carbocycles. The first-order chi connectivity index (χ1) is 7.72. The first-order valence-corrected chi connectivity index (χ1v) is 6.35. The Hall–Kier alpha value is -0.320. The molecule has 0 bridgehead atoms. The first-order valence-electron chi connectivity index (χ1n) is 6.35. The van der Waals surface area contributed by atoms with Gasteiger partial charge in [0.25, 0.3) is 0 Å². The summed E-state index contributed by atoms with van der Waals surface area (Å²) in [7, 11) is 4.06. The number of hydrogen-bond donors (Lipinski definition) is 1. The van der Waals surface area contributed by atoms with Crippen molar-refractivity contribution in [2.75, 3.05) is 40.3 Å². The van der Waals surface area contributed by atoms with E-state index in [0.717, 1.165) is 19.5 Å². The van der Waals surface area contributed by atoms with Gasteiger partial charge in [0.2, 0.25) is 5.91 Å². The second-order valence-corrected chi connectivity index (χ2v) is 5.11. The molecule has 1 N–H and O–H groups in total. The molecule has 1 amide bonds. The van der Waals surface area contributed by atoms with E-state index in [-0.39, 0.29) is 18.3 Å².